The summed E-state index contributed by atoms with van der Waals surface area (Å²) in [6.45, 7) is 2.56. The van der Waals surface area contributed by atoms with E-state index < -0.39 is 0 Å². The molecular weight excluding hydrogens is 394 g/mol. The van der Waals surface area contributed by atoms with Crippen molar-refractivity contribution in [2.24, 2.45) is 0 Å². The molecule has 0 unspecified atom stereocenters. The summed E-state index contributed by atoms with van der Waals surface area (Å²) in [7, 11) is 1.52. The lowest BCUT2D eigenvalue weighted by Crippen LogP contribution is -2.50. The molecule has 0 bridgehead atoms. The van der Waals surface area contributed by atoms with Crippen LogP contribution >= 0.6 is 0 Å². The van der Waals surface area contributed by atoms with Crippen LogP contribution in [0.1, 0.15) is 35.7 Å². The lowest BCUT2D eigenvalue weighted by atomic mass is 9.97. The summed E-state index contributed by atoms with van der Waals surface area (Å²) in [5.74, 6) is 0.851. The number of pyridine rings is 1. The molecule has 1 aromatic carbocycles. The van der Waals surface area contributed by atoms with Crippen LogP contribution < -0.4 is 10.1 Å². The fourth-order valence-corrected chi connectivity index (χ4v) is 3.87. The highest BCUT2D eigenvalue weighted by Crippen LogP contribution is 2.29. The molecule has 1 amide bonds. The van der Waals surface area contributed by atoms with Crippen LogP contribution in [0, 0.1) is 11.3 Å². The van der Waals surface area contributed by atoms with Crippen molar-refractivity contribution in [2.75, 3.05) is 19.0 Å². The van der Waals surface area contributed by atoms with Crippen LogP contribution in [0.3, 0.4) is 0 Å². The maximum Gasteiger partial charge on any atom is 0.256 e. The topological polar surface area (TPSA) is 109 Å². The molecule has 1 aliphatic rings. The van der Waals surface area contributed by atoms with Crippen LogP contribution in [-0.4, -0.2) is 56.5 Å². The zero-order chi connectivity index (χ0) is 21.8. The first-order valence-electron chi connectivity index (χ1n) is 10.1. The number of carbonyl (C=O) groups excluding carboxylic acids is 1. The molecule has 2 atom stereocenters. The highest BCUT2D eigenvalue weighted by molar-refractivity contribution is 5.98. The van der Waals surface area contributed by atoms with Crippen molar-refractivity contribution in [2.45, 2.75) is 31.8 Å². The number of hydrogen-bond acceptors (Lipinski definition) is 7. The Hall–Kier alpha value is -3.93. The average Bonchev–Trinajstić information content (AvgIpc) is 3.34. The van der Waals surface area contributed by atoms with Crippen molar-refractivity contribution in [3.05, 3.63) is 60.0 Å². The van der Waals surface area contributed by atoms with Gasteiger partial charge in [0, 0.05) is 24.8 Å². The molecule has 0 radical (unpaired) electrons. The fourth-order valence-electron chi connectivity index (χ4n) is 3.87. The SMILES string of the molecule is COc1c(C#N)ccnc1N[C@@H]1CC[C@@H](C)N(C(=O)c2ccccc2-n2nccn2)C1. The number of nitriles is 1. The molecule has 4 rings (SSSR count). The molecular formula is C22H23N7O2. The van der Waals surface area contributed by atoms with E-state index in [2.05, 4.69) is 33.5 Å². The predicted molar refractivity (Wildman–Crippen MR) is 114 cm³/mol. The van der Waals surface area contributed by atoms with Gasteiger partial charge in [0.05, 0.1) is 36.3 Å². The third-order valence-corrected chi connectivity index (χ3v) is 5.48. The van der Waals surface area contributed by atoms with E-state index in [1.54, 1.807) is 30.7 Å². The van der Waals surface area contributed by atoms with Crippen LogP contribution in [0.15, 0.2) is 48.9 Å². The van der Waals surface area contributed by atoms with Gasteiger partial charge in [0.1, 0.15) is 6.07 Å². The van der Waals surface area contributed by atoms with Gasteiger partial charge < -0.3 is 15.0 Å². The molecule has 3 aromatic rings. The van der Waals surface area contributed by atoms with E-state index in [9.17, 15) is 10.1 Å². The molecule has 158 valence electrons. The van der Waals surface area contributed by atoms with Gasteiger partial charge in [-0.05, 0) is 38.0 Å². The Kier molecular flexibility index (Phi) is 5.80. The third kappa shape index (κ3) is 4.05. The van der Waals surface area contributed by atoms with Gasteiger partial charge in [0.25, 0.3) is 5.91 Å². The number of hydrogen-bond donors (Lipinski definition) is 1. The van der Waals surface area contributed by atoms with Gasteiger partial charge in [-0.3, -0.25) is 4.79 Å². The van der Waals surface area contributed by atoms with Crippen LogP contribution in [-0.2, 0) is 0 Å². The second-order valence-electron chi connectivity index (χ2n) is 7.41. The number of benzene rings is 1. The van der Waals surface area contributed by atoms with Gasteiger partial charge >= 0.3 is 0 Å². The zero-order valence-electron chi connectivity index (χ0n) is 17.4. The van der Waals surface area contributed by atoms with Crippen molar-refractivity contribution >= 4 is 11.7 Å². The summed E-state index contributed by atoms with van der Waals surface area (Å²) in [5, 5.41) is 21.0. The first-order chi connectivity index (χ1) is 15.1. The summed E-state index contributed by atoms with van der Waals surface area (Å²) in [6.07, 6.45) is 6.45. The van der Waals surface area contributed by atoms with E-state index in [4.69, 9.17) is 4.74 Å². The predicted octanol–water partition coefficient (Wildman–Crippen LogP) is 2.65. The van der Waals surface area contributed by atoms with Gasteiger partial charge in [-0.25, -0.2) is 4.98 Å². The molecule has 0 spiro atoms. The van der Waals surface area contributed by atoms with Gasteiger partial charge in [-0.15, -0.1) is 0 Å². The molecule has 1 N–H and O–H groups in total. The van der Waals surface area contributed by atoms with Crippen LogP contribution in [0.25, 0.3) is 5.69 Å². The average molecular weight is 417 g/mol. The number of methoxy groups -OCH3 is 1. The van der Waals surface area contributed by atoms with Crippen LogP contribution in [0.5, 0.6) is 5.75 Å². The summed E-state index contributed by atoms with van der Waals surface area (Å²) in [4.78, 5) is 21.2. The second-order valence-corrected chi connectivity index (χ2v) is 7.41. The summed E-state index contributed by atoms with van der Waals surface area (Å²) in [5.41, 5.74) is 1.61. The molecule has 1 saturated heterocycles. The summed E-state index contributed by atoms with van der Waals surface area (Å²) < 4.78 is 5.39. The van der Waals surface area contributed by atoms with Crippen molar-refractivity contribution in [1.29, 1.82) is 5.26 Å². The number of ether oxygens (including phenoxy) is 1. The summed E-state index contributed by atoms with van der Waals surface area (Å²) in [6, 6.07) is 11.1. The number of nitrogens with zero attached hydrogens (tertiary/aromatic N) is 6. The zero-order valence-corrected chi connectivity index (χ0v) is 17.4. The standard InChI is InChI=1S/C22H23N7O2/c1-15-7-8-17(27-21-20(31-2)16(13-23)9-10-24-21)14-28(15)22(30)18-5-3-4-6-19(18)29-25-11-12-26-29/h3-6,9-12,15,17H,7-8,14H2,1-2H3,(H,24,27)/t15-,17-/m1/s1. The molecule has 1 aliphatic heterocycles. The molecule has 1 fully saturated rings. The summed E-state index contributed by atoms with van der Waals surface area (Å²) >= 11 is 0. The number of likely N-dealkylation sites (tertiary alicyclic amines) is 1. The number of amides is 1. The van der Waals surface area contributed by atoms with Crippen molar-refractivity contribution in [1.82, 2.24) is 24.9 Å². The lowest BCUT2D eigenvalue weighted by Gasteiger charge is -2.38. The van der Waals surface area contributed by atoms with E-state index in [0.29, 0.717) is 34.9 Å². The smallest absolute Gasteiger partial charge is 0.256 e. The third-order valence-electron chi connectivity index (χ3n) is 5.48. The highest BCUT2D eigenvalue weighted by atomic mass is 16.5. The molecule has 0 aliphatic carbocycles. The Bertz CT molecular complexity index is 1110. The normalized spacial score (nSPS) is 18.3. The maximum atomic E-state index is 13.5. The largest absolute Gasteiger partial charge is 0.492 e. The van der Waals surface area contributed by atoms with Gasteiger partial charge in [0.15, 0.2) is 11.6 Å². The quantitative estimate of drug-likeness (QED) is 0.680. The molecule has 9 nitrogen and oxygen atoms in total. The fraction of sp³-hybridized carbons (Fsp3) is 0.318. The van der Waals surface area contributed by atoms with Crippen LogP contribution in [0.2, 0.25) is 0 Å². The Labute approximate surface area is 180 Å². The number of rotatable bonds is 5. The van der Waals surface area contributed by atoms with Crippen LogP contribution in [0.4, 0.5) is 5.82 Å². The van der Waals surface area contributed by atoms with E-state index in [-0.39, 0.29) is 18.0 Å². The molecule has 31 heavy (non-hydrogen) atoms. The lowest BCUT2D eigenvalue weighted by molar-refractivity contribution is 0.0621. The second kappa shape index (κ2) is 8.83. The number of anilines is 1. The first kappa shape index (κ1) is 20.3. The minimum Gasteiger partial charge on any atom is -0.492 e. The highest BCUT2D eigenvalue weighted by Gasteiger charge is 2.31. The number of carbonyl (C=O) groups is 1. The Morgan fingerprint density at radius 3 is 2.71 bits per heavy atom. The molecule has 0 saturated carbocycles. The van der Waals surface area contributed by atoms with E-state index >= 15 is 0 Å². The Balaban J connectivity index is 1.57. The first-order valence-corrected chi connectivity index (χ1v) is 10.1. The minimum absolute atomic E-state index is 0.0227. The van der Waals surface area contributed by atoms with Crippen molar-refractivity contribution in [3.63, 3.8) is 0 Å². The van der Waals surface area contributed by atoms with Gasteiger partial charge in [0.2, 0.25) is 0 Å². The van der Waals surface area contributed by atoms with Gasteiger partial charge in [-0.1, -0.05) is 12.1 Å². The molecule has 2 aromatic heterocycles. The number of nitrogens with one attached hydrogen (secondary N) is 1. The number of aromatic nitrogens is 4. The van der Waals surface area contributed by atoms with Gasteiger partial charge in [-0.2, -0.15) is 20.3 Å². The number of para-hydroxylation sites is 1. The molecule has 9 heteroatoms. The van der Waals surface area contributed by atoms with E-state index in [0.717, 1.165) is 12.8 Å². The van der Waals surface area contributed by atoms with Crippen molar-refractivity contribution in [3.8, 4) is 17.5 Å². The Morgan fingerprint density at radius 1 is 1.19 bits per heavy atom. The number of piperidine rings is 1. The monoisotopic (exact) mass is 417 g/mol. The Morgan fingerprint density at radius 2 is 1.97 bits per heavy atom. The molecule has 3 heterocycles. The maximum absolute atomic E-state index is 13.5. The van der Waals surface area contributed by atoms with E-state index in [1.165, 1.54) is 11.9 Å². The minimum atomic E-state index is -0.0717. The van der Waals surface area contributed by atoms with E-state index in [1.807, 2.05) is 23.1 Å². The van der Waals surface area contributed by atoms with Crippen molar-refractivity contribution < 1.29 is 9.53 Å².